The molecule has 0 atom stereocenters. The zero-order valence-corrected chi connectivity index (χ0v) is 9.35. The van der Waals surface area contributed by atoms with Crippen molar-refractivity contribution in [2.75, 3.05) is 0 Å². The fraction of sp³-hybridized carbons (Fsp3) is 0. The van der Waals surface area contributed by atoms with Gasteiger partial charge in [0.05, 0.1) is 0 Å². The second kappa shape index (κ2) is 4.29. The van der Waals surface area contributed by atoms with E-state index in [1.807, 2.05) is 30.3 Å². The number of nitrogens with zero attached hydrogens (tertiary/aromatic N) is 3. The molecule has 0 aliphatic carbocycles. The fourth-order valence-corrected chi connectivity index (χ4v) is 1.64. The van der Waals surface area contributed by atoms with Crippen LogP contribution in [0, 0.1) is 0 Å². The first-order chi connectivity index (χ1) is 8.84. The molecule has 0 saturated heterocycles. The Labute approximate surface area is 103 Å². The van der Waals surface area contributed by atoms with Gasteiger partial charge in [0.25, 0.3) is 0 Å². The maximum absolute atomic E-state index is 11.9. The number of aromatic nitrogens is 3. The molecule has 0 spiro atoms. The molecule has 5 heteroatoms. The maximum Gasteiger partial charge on any atom is 0.315 e. The quantitative estimate of drug-likeness (QED) is 0.688. The Balaban J connectivity index is 1.93. The van der Waals surface area contributed by atoms with Crippen LogP contribution in [0.25, 0.3) is 11.3 Å². The Morgan fingerprint density at radius 2 is 1.94 bits per heavy atom. The van der Waals surface area contributed by atoms with Crippen LogP contribution in [0.3, 0.4) is 0 Å². The van der Waals surface area contributed by atoms with E-state index in [0.29, 0.717) is 5.76 Å². The topological polar surface area (TPSA) is 60.9 Å². The lowest BCUT2D eigenvalue weighted by Crippen LogP contribution is -2.11. The molecule has 2 aromatic heterocycles. The van der Waals surface area contributed by atoms with Crippen LogP contribution in [-0.2, 0) is 0 Å². The van der Waals surface area contributed by atoms with Crippen LogP contribution in [-0.4, -0.2) is 20.7 Å². The van der Waals surface area contributed by atoms with E-state index in [-0.39, 0.29) is 11.7 Å². The molecule has 3 aromatic rings. The van der Waals surface area contributed by atoms with E-state index in [1.165, 1.54) is 12.7 Å². The van der Waals surface area contributed by atoms with Gasteiger partial charge in [-0.1, -0.05) is 30.3 Å². The standard InChI is InChI=1S/C13H9N3O2/c17-13(16-9-14-8-15-16)12-7-6-11(18-12)10-4-2-1-3-5-10/h1-9H. The zero-order valence-electron chi connectivity index (χ0n) is 9.35. The van der Waals surface area contributed by atoms with Crippen molar-refractivity contribution in [1.29, 1.82) is 0 Å². The summed E-state index contributed by atoms with van der Waals surface area (Å²) in [6.45, 7) is 0. The molecule has 0 radical (unpaired) electrons. The molecule has 0 fully saturated rings. The minimum Gasteiger partial charge on any atom is -0.451 e. The first kappa shape index (κ1) is 10.5. The summed E-state index contributed by atoms with van der Waals surface area (Å²) in [6, 6.07) is 13.0. The molecular weight excluding hydrogens is 230 g/mol. The SMILES string of the molecule is O=C(c1ccc(-c2ccccc2)o1)n1cncn1. The molecular formula is C13H9N3O2. The fourth-order valence-electron chi connectivity index (χ4n) is 1.64. The Morgan fingerprint density at radius 1 is 1.11 bits per heavy atom. The highest BCUT2D eigenvalue weighted by atomic mass is 16.4. The number of hydrogen-bond acceptors (Lipinski definition) is 4. The average molecular weight is 239 g/mol. The predicted octanol–water partition coefficient (Wildman–Crippen LogP) is 2.23. The van der Waals surface area contributed by atoms with Gasteiger partial charge in [-0.2, -0.15) is 9.78 Å². The van der Waals surface area contributed by atoms with Crippen molar-refractivity contribution in [1.82, 2.24) is 14.8 Å². The van der Waals surface area contributed by atoms with Crippen LogP contribution in [0.1, 0.15) is 10.6 Å². The Hall–Kier alpha value is -2.69. The molecule has 0 unspecified atom stereocenters. The van der Waals surface area contributed by atoms with Crippen molar-refractivity contribution in [3.05, 3.63) is 60.9 Å². The lowest BCUT2D eigenvalue weighted by molar-refractivity contribution is 0.0917. The van der Waals surface area contributed by atoms with Gasteiger partial charge in [-0.25, -0.2) is 4.98 Å². The van der Waals surface area contributed by atoms with Crippen LogP contribution >= 0.6 is 0 Å². The monoisotopic (exact) mass is 239 g/mol. The normalized spacial score (nSPS) is 10.4. The van der Waals surface area contributed by atoms with Gasteiger partial charge in [0.15, 0.2) is 5.76 Å². The minimum absolute atomic E-state index is 0.236. The molecule has 0 N–H and O–H groups in total. The largest absolute Gasteiger partial charge is 0.451 e. The summed E-state index contributed by atoms with van der Waals surface area (Å²) >= 11 is 0. The van der Waals surface area contributed by atoms with Gasteiger partial charge in [0.1, 0.15) is 18.4 Å². The first-order valence-corrected chi connectivity index (χ1v) is 5.39. The van der Waals surface area contributed by atoms with Crippen LogP contribution in [0.15, 0.2) is 59.5 Å². The number of furan rings is 1. The van der Waals surface area contributed by atoms with Crippen molar-refractivity contribution >= 4 is 5.91 Å². The van der Waals surface area contributed by atoms with Crippen molar-refractivity contribution < 1.29 is 9.21 Å². The summed E-state index contributed by atoms with van der Waals surface area (Å²) in [4.78, 5) is 15.6. The number of benzene rings is 1. The lowest BCUT2D eigenvalue weighted by atomic mass is 10.2. The van der Waals surface area contributed by atoms with Gasteiger partial charge in [-0.3, -0.25) is 4.79 Å². The van der Waals surface area contributed by atoms with Crippen molar-refractivity contribution in [2.45, 2.75) is 0 Å². The first-order valence-electron chi connectivity index (χ1n) is 5.39. The third kappa shape index (κ3) is 1.82. The van der Waals surface area contributed by atoms with Gasteiger partial charge in [-0.15, -0.1) is 0 Å². The molecule has 2 heterocycles. The summed E-state index contributed by atoms with van der Waals surface area (Å²) < 4.78 is 6.65. The van der Waals surface area contributed by atoms with Crippen LogP contribution < -0.4 is 0 Å². The number of carbonyl (C=O) groups excluding carboxylic acids is 1. The van der Waals surface area contributed by atoms with Crippen LogP contribution in [0.2, 0.25) is 0 Å². The van der Waals surface area contributed by atoms with E-state index in [9.17, 15) is 4.79 Å². The van der Waals surface area contributed by atoms with Crippen molar-refractivity contribution in [3.63, 3.8) is 0 Å². The molecule has 0 saturated carbocycles. The highest BCUT2D eigenvalue weighted by Gasteiger charge is 2.14. The molecule has 1 aromatic carbocycles. The molecule has 18 heavy (non-hydrogen) atoms. The molecule has 3 rings (SSSR count). The van der Waals surface area contributed by atoms with E-state index in [2.05, 4.69) is 10.1 Å². The van der Waals surface area contributed by atoms with Gasteiger partial charge >= 0.3 is 5.91 Å². The maximum atomic E-state index is 11.9. The van der Waals surface area contributed by atoms with E-state index in [1.54, 1.807) is 12.1 Å². The highest BCUT2D eigenvalue weighted by Crippen LogP contribution is 2.21. The minimum atomic E-state index is -0.338. The molecule has 5 nitrogen and oxygen atoms in total. The molecule has 0 aliphatic rings. The van der Waals surface area contributed by atoms with Gasteiger partial charge in [0.2, 0.25) is 0 Å². The highest BCUT2D eigenvalue weighted by molar-refractivity contribution is 5.93. The van der Waals surface area contributed by atoms with Crippen LogP contribution in [0.5, 0.6) is 0 Å². The van der Waals surface area contributed by atoms with E-state index in [0.717, 1.165) is 10.2 Å². The third-order valence-electron chi connectivity index (χ3n) is 2.50. The average Bonchev–Trinajstić information content (AvgIpc) is 3.10. The van der Waals surface area contributed by atoms with Gasteiger partial charge in [0, 0.05) is 5.56 Å². The molecule has 88 valence electrons. The zero-order chi connectivity index (χ0) is 12.4. The lowest BCUT2D eigenvalue weighted by Gasteiger charge is -1.96. The summed E-state index contributed by atoms with van der Waals surface area (Å²) in [5.41, 5.74) is 0.926. The Bertz CT molecular complexity index is 657. The number of hydrogen-bond donors (Lipinski definition) is 0. The van der Waals surface area contributed by atoms with Gasteiger partial charge in [-0.05, 0) is 12.1 Å². The molecule has 0 amide bonds. The van der Waals surface area contributed by atoms with E-state index in [4.69, 9.17) is 4.42 Å². The Morgan fingerprint density at radius 3 is 2.67 bits per heavy atom. The smallest absolute Gasteiger partial charge is 0.315 e. The number of rotatable bonds is 2. The number of carbonyl (C=O) groups is 1. The second-order valence-corrected chi connectivity index (χ2v) is 3.68. The molecule has 0 bridgehead atoms. The predicted molar refractivity (Wildman–Crippen MR) is 63.9 cm³/mol. The summed E-state index contributed by atoms with van der Waals surface area (Å²) in [6.07, 6.45) is 2.64. The summed E-state index contributed by atoms with van der Waals surface area (Å²) in [5.74, 6) is 0.549. The van der Waals surface area contributed by atoms with E-state index < -0.39 is 0 Å². The van der Waals surface area contributed by atoms with Gasteiger partial charge < -0.3 is 4.42 Å². The van der Waals surface area contributed by atoms with Crippen molar-refractivity contribution in [3.8, 4) is 11.3 Å². The second-order valence-electron chi connectivity index (χ2n) is 3.68. The van der Waals surface area contributed by atoms with Crippen LogP contribution in [0.4, 0.5) is 0 Å². The van der Waals surface area contributed by atoms with Crippen molar-refractivity contribution in [2.24, 2.45) is 0 Å². The molecule has 0 aliphatic heterocycles. The summed E-state index contributed by atoms with van der Waals surface area (Å²) in [5, 5.41) is 3.77. The Kier molecular flexibility index (Phi) is 2.49. The third-order valence-corrected chi connectivity index (χ3v) is 2.50. The van der Waals surface area contributed by atoms with E-state index >= 15 is 0 Å². The summed E-state index contributed by atoms with van der Waals surface area (Å²) in [7, 11) is 0.